The van der Waals surface area contributed by atoms with Gasteiger partial charge >= 0.3 is 0 Å². The van der Waals surface area contributed by atoms with Crippen molar-refractivity contribution in [1.29, 1.82) is 0 Å². The number of aliphatic hydroxyl groups is 1. The Morgan fingerprint density at radius 2 is 1.75 bits per heavy atom. The molecule has 4 atom stereocenters. The number of rotatable bonds is 9. The number of nitrogens with one attached hydrogen (secondary N) is 1. The third kappa shape index (κ3) is 6.47. The van der Waals surface area contributed by atoms with Gasteiger partial charge in [-0.15, -0.1) is 0 Å². The molecule has 40 heavy (non-hydrogen) atoms. The highest BCUT2D eigenvalue weighted by Gasteiger charge is 2.38. The zero-order valence-corrected chi connectivity index (χ0v) is 23.8. The Labute approximate surface area is 239 Å². The summed E-state index contributed by atoms with van der Waals surface area (Å²) in [6.45, 7) is 4.18. The fourth-order valence-electron chi connectivity index (χ4n) is 4.95. The Morgan fingerprint density at radius 3 is 2.42 bits per heavy atom. The summed E-state index contributed by atoms with van der Waals surface area (Å²) in [5.74, 6) is 0.789. The van der Waals surface area contributed by atoms with Crippen LogP contribution in [0.25, 0.3) is 11.1 Å². The van der Waals surface area contributed by atoms with E-state index < -0.39 is 6.29 Å². The van der Waals surface area contributed by atoms with Crippen molar-refractivity contribution in [2.45, 2.75) is 50.7 Å². The molecule has 0 unspecified atom stereocenters. The highest BCUT2D eigenvalue weighted by molar-refractivity contribution is 7.99. The van der Waals surface area contributed by atoms with Crippen LogP contribution in [0.3, 0.4) is 0 Å². The summed E-state index contributed by atoms with van der Waals surface area (Å²) in [6.07, 6.45) is 2.98. The highest BCUT2D eigenvalue weighted by atomic mass is 32.2. The van der Waals surface area contributed by atoms with Gasteiger partial charge in [0.1, 0.15) is 0 Å². The number of carbonyl (C=O) groups is 1. The number of hydrogen-bond donors (Lipinski definition) is 2. The van der Waals surface area contributed by atoms with Gasteiger partial charge in [0.15, 0.2) is 11.4 Å². The maximum atomic E-state index is 11.5. The van der Waals surface area contributed by atoms with Crippen molar-refractivity contribution in [3.05, 3.63) is 107 Å². The van der Waals surface area contributed by atoms with Gasteiger partial charge in [-0.2, -0.15) is 0 Å². The van der Waals surface area contributed by atoms with Crippen LogP contribution in [0.2, 0.25) is 0 Å². The molecule has 1 aromatic heterocycles. The molecule has 1 aliphatic rings. The molecule has 0 bridgehead atoms. The van der Waals surface area contributed by atoms with E-state index in [1.807, 2.05) is 60.3 Å². The molecule has 4 aromatic rings. The first-order valence-corrected chi connectivity index (χ1v) is 14.4. The van der Waals surface area contributed by atoms with E-state index in [-0.39, 0.29) is 30.6 Å². The molecule has 1 amide bonds. The molecule has 1 fully saturated rings. The summed E-state index contributed by atoms with van der Waals surface area (Å²) in [4.78, 5) is 15.9. The smallest absolute Gasteiger partial charge is 0.217 e. The number of benzene rings is 3. The Balaban J connectivity index is 1.39. The number of nitrogens with zero attached hydrogens (tertiary/aromatic N) is 2. The van der Waals surface area contributed by atoms with Crippen molar-refractivity contribution in [2.24, 2.45) is 13.0 Å². The van der Waals surface area contributed by atoms with E-state index in [1.165, 1.54) is 6.92 Å². The van der Waals surface area contributed by atoms with Gasteiger partial charge < -0.3 is 24.5 Å². The number of thioether (sulfide) groups is 1. The van der Waals surface area contributed by atoms with Crippen molar-refractivity contribution < 1.29 is 19.4 Å². The maximum Gasteiger partial charge on any atom is 0.217 e. The fourth-order valence-corrected chi connectivity index (χ4v) is 6.05. The Hall–Kier alpha value is -3.43. The van der Waals surface area contributed by atoms with Crippen molar-refractivity contribution in [1.82, 2.24) is 14.9 Å². The van der Waals surface area contributed by atoms with E-state index in [2.05, 4.69) is 47.6 Å². The third-order valence-electron chi connectivity index (χ3n) is 7.32. The molecule has 0 radical (unpaired) electrons. The van der Waals surface area contributed by atoms with Crippen molar-refractivity contribution in [3.8, 4) is 11.1 Å². The van der Waals surface area contributed by atoms with Gasteiger partial charge in [-0.3, -0.25) is 4.79 Å². The van der Waals surface area contributed by atoms with Crippen LogP contribution in [-0.2, 0) is 34.5 Å². The van der Waals surface area contributed by atoms with Crippen LogP contribution in [0.5, 0.6) is 0 Å². The van der Waals surface area contributed by atoms with Crippen molar-refractivity contribution >= 4 is 17.7 Å². The van der Waals surface area contributed by atoms with Gasteiger partial charge in [0.2, 0.25) is 5.91 Å². The molecule has 7 nitrogen and oxygen atoms in total. The Bertz CT molecular complexity index is 1420. The molecule has 2 heterocycles. The molecule has 208 valence electrons. The van der Waals surface area contributed by atoms with E-state index >= 15 is 0 Å². The van der Waals surface area contributed by atoms with Crippen LogP contribution in [-0.4, -0.2) is 32.4 Å². The second-order valence-electron chi connectivity index (χ2n) is 10.1. The summed E-state index contributed by atoms with van der Waals surface area (Å²) in [5, 5.41) is 13.3. The number of aliphatic hydroxyl groups excluding tert-OH is 1. The van der Waals surface area contributed by atoms with Crippen LogP contribution in [0.4, 0.5) is 0 Å². The standard InChI is InChI=1S/C32H35N3O4S/c1-21-29(20-40-32-33-16-17-35(32)3)38-31(39-30(21)25-10-8-23(19-36)9-11-25)26-14-12-24(13-15-26)28-7-5-4-6-27(28)18-34-22(2)37/h4-17,21,29-31,36H,18-20H2,1-3H3,(H,34,37)/t21-,29+,30+,31+/m0/s1. The molecule has 0 aliphatic carbocycles. The lowest BCUT2D eigenvalue weighted by molar-refractivity contribution is -0.268. The average molecular weight is 558 g/mol. The minimum Gasteiger partial charge on any atom is -0.392 e. The van der Waals surface area contributed by atoms with Gasteiger partial charge in [-0.1, -0.05) is 91.5 Å². The molecule has 0 spiro atoms. The fraction of sp³-hybridized carbons (Fsp3) is 0.312. The van der Waals surface area contributed by atoms with E-state index in [0.717, 1.165) is 44.3 Å². The third-order valence-corrected chi connectivity index (χ3v) is 8.46. The second-order valence-corrected chi connectivity index (χ2v) is 11.1. The van der Waals surface area contributed by atoms with Gasteiger partial charge in [-0.25, -0.2) is 4.98 Å². The molecule has 3 aromatic carbocycles. The normalized spacial score (nSPS) is 20.8. The number of ether oxygens (including phenoxy) is 2. The molecular formula is C32H35N3O4S. The average Bonchev–Trinajstić information content (AvgIpc) is 3.40. The van der Waals surface area contributed by atoms with Crippen LogP contribution >= 0.6 is 11.8 Å². The topological polar surface area (TPSA) is 85.6 Å². The monoisotopic (exact) mass is 557 g/mol. The van der Waals surface area contributed by atoms with Gasteiger partial charge in [0, 0.05) is 50.1 Å². The molecule has 2 N–H and O–H groups in total. The Kier molecular flexibility index (Phi) is 9.01. The zero-order chi connectivity index (χ0) is 28.1. The predicted molar refractivity (Wildman–Crippen MR) is 156 cm³/mol. The lowest BCUT2D eigenvalue weighted by Gasteiger charge is -2.41. The van der Waals surface area contributed by atoms with Crippen LogP contribution in [0.1, 0.15) is 48.5 Å². The first kappa shape index (κ1) is 28.1. The number of imidazole rings is 1. The minimum atomic E-state index is -0.533. The lowest BCUT2D eigenvalue weighted by Crippen LogP contribution is -2.38. The maximum absolute atomic E-state index is 11.5. The molecule has 1 aliphatic heterocycles. The number of amides is 1. The zero-order valence-electron chi connectivity index (χ0n) is 23.0. The quantitative estimate of drug-likeness (QED) is 0.253. The Morgan fingerprint density at radius 1 is 1.02 bits per heavy atom. The molecule has 8 heteroatoms. The summed E-state index contributed by atoms with van der Waals surface area (Å²) in [6, 6.07) is 24.3. The molecule has 5 rings (SSSR count). The highest BCUT2D eigenvalue weighted by Crippen LogP contribution is 2.43. The van der Waals surface area contributed by atoms with E-state index in [4.69, 9.17) is 9.47 Å². The van der Waals surface area contributed by atoms with Crippen LogP contribution < -0.4 is 5.32 Å². The first-order chi connectivity index (χ1) is 19.4. The SMILES string of the molecule is CC(=O)NCc1ccccc1-c1ccc([C@@H]2O[C@H](CSc3nccn3C)[C@H](C)[C@H](c3ccc(CO)cc3)O2)cc1. The van der Waals surface area contributed by atoms with Crippen LogP contribution in [0.15, 0.2) is 90.3 Å². The molecular weight excluding hydrogens is 522 g/mol. The first-order valence-electron chi connectivity index (χ1n) is 13.5. The van der Waals surface area contributed by atoms with Crippen molar-refractivity contribution in [3.63, 3.8) is 0 Å². The lowest BCUT2D eigenvalue weighted by atomic mass is 9.91. The summed E-state index contributed by atoms with van der Waals surface area (Å²) in [5.41, 5.74) is 6.07. The van der Waals surface area contributed by atoms with E-state index in [1.54, 1.807) is 18.0 Å². The number of aromatic nitrogens is 2. The second kappa shape index (κ2) is 12.8. The minimum absolute atomic E-state index is 0.0102. The summed E-state index contributed by atoms with van der Waals surface area (Å²) in [7, 11) is 1.99. The van der Waals surface area contributed by atoms with Crippen LogP contribution in [0, 0.1) is 5.92 Å². The summed E-state index contributed by atoms with van der Waals surface area (Å²) >= 11 is 1.68. The van der Waals surface area contributed by atoms with Crippen molar-refractivity contribution in [2.75, 3.05) is 5.75 Å². The van der Waals surface area contributed by atoms with E-state index in [0.29, 0.717) is 6.54 Å². The molecule has 1 saturated heterocycles. The number of aryl methyl sites for hydroxylation is 1. The van der Waals surface area contributed by atoms with Gasteiger partial charge in [0.05, 0.1) is 18.8 Å². The van der Waals surface area contributed by atoms with E-state index in [9.17, 15) is 9.90 Å². The number of carbonyl (C=O) groups excluding carboxylic acids is 1. The number of hydrogen-bond acceptors (Lipinski definition) is 6. The van der Waals surface area contributed by atoms with Gasteiger partial charge in [0.25, 0.3) is 0 Å². The predicted octanol–water partition coefficient (Wildman–Crippen LogP) is 5.80. The largest absolute Gasteiger partial charge is 0.392 e. The molecule has 0 saturated carbocycles. The van der Waals surface area contributed by atoms with Gasteiger partial charge in [-0.05, 0) is 27.8 Å². The summed E-state index contributed by atoms with van der Waals surface area (Å²) < 4.78 is 15.2.